The van der Waals surface area contributed by atoms with Crippen LogP contribution in [0.1, 0.15) is 33.3 Å². The van der Waals surface area contributed by atoms with Gasteiger partial charge < -0.3 is 0 Å². The first-order valence-corrected chi connectivity index (χ1v) is 7.12. The van der Waals surface area contributed by atoms with Crippen LogP contribution >= 0.6 is 0 Å². The maximum Gasteiger partial charge on any atom is 0.0305 e. The van der Waals surface area contributed by atoms with Gasteiger partial charge in [-0.25, -0.2) is 0 Å². The fraction of sp³-hybridized carbons (Fsp3) is 0.462. The molecule has 0 N–H and O–H groups in total. The van der Waals surface area contributed by atoms with Crippen molar-refractivity contribution in [3.63, 3.8) is 0 Å². The molecule has 0 saturated carbocycles. The van der Waals surface area contributed by atoms with Gasteiger partial charge in [-0.2, -0.15) is 0 Å². The van der Waals surface area contributed by atoms with Crippen LogP contribution in [0.4, 0.5) is 0 Å². The highest BCUT2D eigenvalue weighted by Crippen LogP contribution is 2.23. The lowest BCUT2D eigenvalue weighted by Crippen LogP contribution is -2.11. The van der Waals surface area contributed by atoms with Gasteiger partial charge >= 0.3 is 0 Å². The van der Waals surface area contributed by atoms with Crippen LogP contribution in [0.15, 0.2) is 29.2 Å². The summed E-state index contributed by atoms with van der Waals surface area (Å²) >= 11 is 0. The van der Waals surface area contributed by atoms with Crippen LogP contribution in [-0.2, 0) is 14.9 Å². The van der Waals surface area contributed by atoms with E-state index < -0.39 is 9.52 Å². The third kappa shape index (κ3) is 2.85. The minimum absolute atomic E-state index is 0.146. The van der Waals surface area contributed by atoms with E-state index in [0.29, 0.717) is 5.75 Å². The summed E-state index contributed by atoms with van der Waals surface area (Å²) < 4.78 is 12.0. The molecule has 0 fully saturated rings. The highest BCUT2D eigenvalue weighted by atomic mass is 32.2. The van der Waals surface area contributed by atoms with Crippen molar-refractivity contribution in [1.29, 1.82) is 0 Å². The molecule has 1 rings (SSSR count). The fourth-order valence-electron chi connectivity index (χ4n) is 1.37. The topological polar surface area (TPSA) is 17.1 Å². The van der Waals surface area contributed by atoms with Crippen molar-refractivity contribution in [1.82, 2.24) is 0 Å². The van der Waals surface area contributed by atoms with Gasteiger partial charge in [-0.15, -0.1) is 0 Å². The van der Waals surface area contributed by atoms with E-state index in [1.54, 1.807) is 0 Å². The van der Waals surface area contributed by atoms with Gasteiger partial charge in [0, 0.05) is 10.6 Å². The van der Waals surface area contributed by atoms with Gasteiger partial charge in [0.1, 0.15) is 0 Å². The highest BCUT2D eigenvalue weighted by molar-refractivity contribution is 8.00. The van der Waals surface area contributed by atoms with Gasteiger partial charge in [0.05, 0.1) is 0 Å². The second-order valence-electron chi connectivity index (χ2n) is 4.87. The smallest absolute Gasteiger partial charge is 0.0305 e. The lowest BCUT2D eigenvalue weighted by Gasteiger charge is -2.19. The van der Waals surface area contributed by atoms with Crippen LogP contribution in [0.5, 0.6) is 0 Å². The maximum atomic E-state index is 12.0. The summed E-state index contributed by atoms with van der Waals surface area (Å²) in [5.41, 5.74) is 1.41. The molecular formula is C13H20OS. The van der Waals surface area contributed by atoms with E-state index in [1.807, 2.05) is 19.1 Å². The molecule has 1 nitrogen and oxygen atoms in total. The quantitative estimate of drug-likeness (QED) is 0.706. The maximum absolute atomic E-state index is 12.0. The SMILES string of the molecule is C=S(=O)(CC)c1ccc(C(C)(C)C)cc1. The largest absolute Gasteiger partial charge is 0.263 e. The van der Waals surface area contributed by atoms with E-state index in [2.05, 4.69) is 38.8 Å². The number of hydrogen-bond acceptors (Lipinski definition) is 1. The van der Waals surface area contributed by atoms with E-state index in [0.717, 1.165) is 4.90 Å². The standard InChI is InChI=1S/C13H20OS/c1-6-15(5,14)12-9-7-11(8-10-12)13(2,3)4/h7-10H,5-6H2,1-4H3. The van der Waals surface area contributed by atoms with Gasteiger partial charge in [0.15, 0.2) is 0 Å². The summed E-state index contributed by atoms with van der Waals surface area (Å²) in [5.74, 6) is 4.38. The average Bonchev–Trinajstić information content (AvgIpc) is 2.17. The van der Waals surface area contributed by atoms with Crippen LogP contribution in [0.25, 0.3) is 0 Å². The molecule has 0 aliphatic carbocycles. The lowest BCUT2D eigenvalue weighted by molar-refractivity contribution is 0.589. The zero-order chi connectivity index (χ0) is 11.7. The van der Waals surface area contributed by atoms with E-state index >= 15 is 0 Å². The second-order valence-corrected chi connectivity index (χ2v) is 7.55. The molecule has 0 aliphatic heterocycles. The lowest BCUT2D eigenvalue weighted by atomic mass is 9.87. The Balaban J connectivity index is 3.12. The Labute approximate surface area is 93.5 Å². The summed E-state index contributed by atoms with van der Waals surface area (Å²) in [4.78, 5) is 0.859. The number of benzene rings is 1. The molecule has 1 unspecified atom stereocenters. The Kier molecular flexibility index (Phi) is 3.29. The summed E-state index contributed by atoms with van der Waals surface area (Å²) in [6.45, 7) is 8.42. The monoisotopic (exact) mass is 224 g/mol. The fourth-order valence-corrected chi connectivity index (χ4v) is 2.34. The zero-order valence-electron chi connectivity index (χ0n) is 10.0. The van der Waals surface area contributed by atoms with Crippen LogP contribution in [-0.4, -0.2) is 15.8 Å². The molecule has 2 heteroatoms. The molecule has 1 atom stereocenters. The van der Waals surface area contributed by atoms with Crippen molar-refractivity contribution in [2.45, 2.75) is 38.0 Å². The van der Waals surface area contributed by atoms with Crippen LogP contribution in [0.2, 0.25) is 0 Å². The first kappa shape index (κ1) is 12.3. The molecule has 0 bridgehead atoms. The van der Waals surface area contributed by atoms with Crippen LogP contribution < -0.4 is 0 Å². The second kappa shape index (κ2) is 4.01. The first-order valence-electron chi connectivity index (χ1n) is 5.23. The number of rotatable bonds is 2. The Morgan fingerprint density at radius 3 is 2.00 bits per heavy atom. The van der Waals surface area contributed by atoms with Gasteiger partial charge in [0.2, 0.25) is 0 Å². The van der Waals surface area contributed by atoms with E-state index in [1.165, 1.54) is 5.56 Å². The molecule has 0 heterocycles. The Morgan fingerprint density at radius 2 is 1.67 bits per heavy atom. The summed E-state index contributed by atoms with van der Waals surface area (Å²) in [6.07, 6.45) is 0. The molecule has 0 aliphatic rings. The normalized spacial score (nSPS) is 16.0. The van der Waals surface area contributed by atoms with Gasteiger partial charge in [0.25, 0.3) is 0 Å². The van der Waals surface area contributed by atoms with Crippen molar-refractivity contribution in [2.24, 2.45) is 0 Å². The Hall–Kier alpha value is -0.760. The average molecular weight is 224 g/mol. The van der Waals surface area contributed by atoms with Crippen LogP contribution in [0.3, 0.4) is 0 Å². The van der Waals surface area contributed by atoms with Crippen LogP contribution in [0, 0.1) is 0 Å². The molecule has 1 aromatic rings. The van der Waals surface area contributed by atoms with Crippen molar-refractivity contribution in [2.75, 3.05) is 5.75 Å². The zero-order valence-corrected chi connectivity index (χ0v) is 10.9. The Bertz CT molecular complexity index is 419. The molecule has 0 amide bonds. The molecule has 84 valence electrons. The third-order valence-electron chi connectivity index (χ3n) is 2.62. The van der Waals surface area contributed by atoms with Crippen molar-refractivity contribution in [3.05, 3.63) is 29.8 Å². The molecule has 15 heavy (non-hydrogen) atoms. The highest BCUT2D eigenvalue weighted by Gasteiger charge is 2.14. The Morgan fingerprint density at radius 1 is 1.20 bits per heavy atom. The minimum atomic E-state index is -2.06. The molecule has 0 aromatic heterocycles. The van der Waals surface area contributed by atoms with E-state index in [-0.39, 0.29) is 5.41 Å². The summed E-state index contributed by atoms with van der Waals surface area (Å²) in [5, 5.41) is 0. The van der Waals surface area contributed by atoms with Gasteiger partial charge in [-0.05, 0) is 38.5 Å². The van der Waals surface area contributed by atoms with E-state index in [9.17, 15) is 4.21 Å². The number of hydrogen-bond donors (Lipinski definition) is 0. The van der Waals surface area contributed by atoms with Gasteiger partial charge in [-0.3, -0.25) is 4.21 Å². The molecule has 0 spiro atoms. The van der Waals surface area contributed by atoms with Crippen molar-refractivity contribution < 1.29 is 4.21 Å². The summed E-state index contributed by atoms with van der Waals surface area (Å²) in [7, 11) is -2.06. The first-order chi connectivity index (χ1) is 6.77. The van der Waals surface area contributed by atoms with Crippen molar-refractivity contribution in [3.8, 4) is 0 Å². The van der Waals surface area contributed by atoms with E-state index in [4.69, 9.17) is 0 Å². The minimum Gasteiger partial charge on any atom is -0.263 e. The third-order valence-corrected chi connectivity index (χ3v) is 4.68. The predicted octanol–water partition coefficient (Wildman–Crippen LogP) is 3.08. The molecule has 0 radical (unpaired) electrons. The predicted molar refractivity (Wildman–Crippen MR) is 69.2 cm³/mol. The molecular weight excluding hydrogens is 204 g/mol. The van der Waals surface area contributed by atoms with Crippen molar-refractivity contribution >= 4 is 15.4 Å². The van der Waals surface area contributed by atoms with Gasteiger partial charge in [-0.1, -0.05) is 39.8 Å². The summed E-state index contributed by atoms with van der Waals surface area (Å²) in [6, 6.07) is 7.99. The molecule has 0 saturated heterocycles. The molecule has 1 aromatic carbocycles.